The molecule has 0 aromatic heterocycles. The molecule has 0 radical (unpaired) electrons. The van der Waals surface area contributed by atoms with E-state index in [4.69, 9.17) is 15.1 Å². The van der Waals surface area contributed by atoms with Crippen molar-refractivity contribution in [1.29, 1.82) is 5.26 Å². The Morgan fingerprint density at radius 2 is 2.12 bits per heavy atom. The van der Waals surface area contributed by atoms with Gasteiger partial charge in [-0.2, -0.15) is 5.26 Å². The largest absolute Gasteiger partial charge is 0.479 e. The summed E-state index contributed by atoms with van der Waals surface area (Å²) in [6.07, 6.45) is -0.335. The summed E-state index contributed by atoms with van der Waals surface area (Å²) in [6, 6.07) is 9.44. The average molecular weight is 220 g/mol. The van der Waals surface area contributed by atoms with Crippen molar-refractivity contribution in [2.24, 2.45) is 0 Å². The lowest BCUT2D eigenvalue weighted by Crippen LogP contribution is -2.23. The van der Waals surface area contributed by atoms with Gasteiger partial charge in [0.05, 0.1) is 6.10 Å². The Kier molecular flexibility index (Phi) is 5.34. The Morgan fingerprint density at radius 3 is 2.69 bits per heavy atom. The summed E-state index contributed by atoms with van der Waals surface area (Å²) < 4.78 is 5.13. The van der Waals surface area contributed by atoms with Crippen molar-refractivity contribution in [2.75, 3.05) is 13.2 Å². The molecule has 4 nitrogen and oxygen atoms in total. The minimum Gasteiger partial charge on any atom is -0.479 e. The number of hydrogen-bond acceptors (Lipinski definition) is 4. The quantitative estimate of drug-likeness (QED) is 0.752. The molecule has 0 saturated heterocycles. The maximum atomic E-state index is 9.06. The molecule has 1 rings (SSSR count). The van der Waals surface area contributed by atoms with Gasteiger partial charge in [0.1, 0.15) is 11.8 Å². The number of ether oxygens (including phenoxy) is 1. The first kappa shape index (κ1) is 12.5. The van der Waals surface area contributed by atoms with Gasteiger partial charge in [-0.3, -0.25) is 0 Å². The van der Waals surface area contributed by atoms with E-state index in [-0.39, 0.29) is 12.7 Å². The van der Waals surface area contributed by atoms with Crippen molar-refractivity contribution in [1.82, 2.24) is 5.32 Å². The molecule has 4 heteroatoms. The van der Waals surface area contributed by atoms with Gasteiger partial charge in [0, 0.05) is 13.1 Å². The van der Waals surface area contributed by atoms with E-state index in [0.717, 1.165) is 5.56 Å². The van der Waals surface area contributed by atoms with Crippen molar-refractivity contribution in [3.63, 3.8) is 0 Å². The smallest absolute Gasteiger partial charge is 0.174 e. The van der Waals surface area contributed by atoms with Gasteiger partial charge in [0.2, 0.25) is 0 Å². The Morgan fingerprint density at radius 1 is 1.44 bits per heavy atom. The summed E-state index contributed by atoms with van der Waals surface area (Å²) in [5, 5.41) is 20.5. The van der Waals surface area contributed by atoms with Crippen LogP contribution in [0.2, 0.25) is 0 Å². The molecule has 1 aromatic rings. The third-order valence-corrected chi connectivity index (χ3v) is 2.00. The molecule has 0 saturated carbocycles. The number of aliphatic hydroxyl groups excluding tert-OH is 1. The predicted molar refractivity (Wildman–Crippen MR) is 60.9 cm³/mol. The minimum atomic E-state index is -0.335. The Labute approximate surface area is 95.5 Å². The zero-order valence-electron chi connectivity index (χ0n) is 9.31. The fraction of sp³-hybridized carbons (Fsp3) is 0.417. The minimum absolute atomic E-state index is 0.0691. The van der Waals surface area contributed by atoms with Gasteiger partial charge in [0.15, 0.2) is 6.61 Å². The molecule has 86 valence electrons. The monoisotopic (exact) mass is 220 g/mol. The van der Waals surface area contributed by atoms with Crippen LogP contribution in [0.1, 0.15) is 12.5 Å². The van der Waals surface area contributed by atoms with E-state index in [2.05, 4.69) is 5.32 Å². The van der Waals surface area contributed by atoms with Crippen LogP contribution in [0.5, 0.6) is 5.75 Å². The molecule has 0 amide bonds. The fourth-order valence-electron chi connectivity index (χ4n) is 1.24. The number of hydrogen-bond donors (Lipinski definition) is 2. The zero-order chi connectivity index (χ0) is 11.8. The first-order valence-electron chi connectivity index (χ1n) is 5.20. The summed E-state index contributed by atoms with van der Waals surface area (Å²) in [5.41, 5.74) is 1.12. The molecular formula is C12H16N2O2. The lowest BCUT2D eigenvalue weighted by molar-refractivity contribution is 0.191. The number of nitrogens with zero attached hydrogens (tertiary/aromatic N) is 1. The van der Waals surface area contributed by atoms with Crippen LogP contribution in [0.15, 0.2) is 24.3 Å². The lowest BCUT2D eigenvalue weighted by atomic mass is 10.2. The topological polar surface area (TPSA) is 65.3 Å². The van der Waals surface area contributed by atoms with E-state index in [1.807, 2.05) is 30.3 Å². The molecule has 1 atom stereocenters. The molecule has 0 spiro atoms. The van der Waals surface area contributed by atoms with Crippen LogP contribution in [0.25, 0.3) is 0 Å². The third kappa shape index (κ3) is 4.78. The standard InChI is InChI=1S/C12H16N2O2/c1-10(15)8-14-9-11-2-4-12(5-3-11)16-7-6-13/h2-5,10,14-15H,7-9H2,1H3. The van der Waals surface area contributed by atoms with Crippen molar-refractivity contribution in [2.45, 2.75) is 19.6 Å². The molecule has 1 unspecified atom stereocenters. The summed E-state index contributed by atoms with van der Waals surface area (Å²) in [5.74, 6) is 0.695. The predicted octanol–water partition coefficient (Wildman–Crippen LogP) is 1.06. The highest BCUT2D eigenvalue weighted by atomic mass is 16.5. The summed E-state index contributed by atoms with van der Waals surface area (Å²) in [7, 11) is 0. The van der Waals surface area contributed by atoms with Crippen molar-refractivity contribution in [3.8, 4) is 11.8 Å². The summed E-state index contributed by atoms with van der Waals surface area (Å²) in [6.45, 7) is 3.10. The molecule has 0 aliphatic carbocycles. The number of aliphatic hydroxyl groups is 1. The zero-order valence-corrected chi connectivity index (χ0v) is 9.31. The number of nitriles is 1. The first-order valence-corrected chi connectivity index (χ1v) is 5.20. The first-order chi connectivity index (χ1) is 7.72. The molecular weight excluding hydrogens is 204 g/mol. The fourth-order valence-corrected chi connectivity index (χ4v) is 1.24. The van der Waals surface area contributed by atoms with Crippen LogP contribution in [0.4, 0.5) is 0 Å². The number of benzene rings is 1. The van der Waals surface area contributed by atoms with Gasteiger partial charge in [-0.05, 0) is 24.6 Å². The van der Waals surface area contributed by atoms with Crippen LogP contribution < -0.4 is 10.1 Å². The number of rotatable bonds is 6. The van der Waals surface area contributed by atoms with Gasteiger partial charge in [-0.1, -0.05) is 12.1 Å². The maximum Gasteiger partial charge on any atom is 0.174 e. The van der Waals surface area contributed by atoms with Gasteiger partial charge in [-0.15, -0.1) is 0 Å². The Balaban J connectivity index is 2.36. The van der Waals surface area contributed by atoms with Gasteiger partial charge < -0.3 is 15.2 Å². The third-order valence-electron chi connectivity index (χ3n) is 2.00. The van der Waals surface area contributed by atoms with E-state index in [0.29, 0.717) is 18.8 Å². The second kappa shape index (κ2) is 6.83. The molecule has 0 fully saturated rings. The van der Waals surface area contributed by atoms with Gasteiger partial charge >= 0.3 is 0 Å². The Bertz CT molecular complexity index is 341. The molecule has 0 aliphatic rings. The lowest BCUT2D eigenvalue weighted by Gasteiger charge is -2.07. The highest BCUT2D eigenvalue weighted by molar-refractivity contribution is 5.27. The van der Waals surface area contributed by atoms with E-state index in [1.165, 1.54) is 0 Å². The van der Waals surface area contributed by atoms with Crippen LogP contribution >= 0.6 is 0 Å². The normalized spacial score (nSPS) is 11.8. The van der Waals surface area contributed by atoms with Crippen LogP contribution in [0, 0.1) is 11.3 Å². The van der Waals surface area contributed by atoms with Gasteiger partial charge in [0.25, 0.3) is 0 Å². The summed E-state index contributed by atoms with van der Waals surface area (Å²) in [4.78, 5) is 0. The van der Waals surface area contributed by atoms with Crippen LogP contribution in [0.3, 0.4) is 0 Å². The van der Waals surface area contributed by atoms with Crippen molar-refractivity contribution < 1.29 is 9.84 Å². The highest BCUT2D eigenvalue weighted by Gasteiger charge is 1.97. The average Bonchev–Trinajstić information content (AvgIpc) is 2.27. The van der Waals surface area contributed by atoms with E-state index >= 15 is 0 Å². The van der Waals surface area contributed by atoms with Crippen molar-refractivity contribution in [3.05, 3.63) is 29.8 Å². The molecule has 2 N–H and O–H groups in total. The second-order valence-corrected chi connectivity index (χ2v) is 3.57. The molecule has 0 bridgehead atoms. The van der Waals surface area contributed by atoms with Gasteiger partial charge in [-0.25, -0.2) is 0 Å². The summed E-state index contributed by atoms with van der Waals surface area (Å²) >= 11 is 0. The van der Waals surface area contributed by atoms with Crippen molar-refractivity contribution >= 4 is 0 Å². The maximum absolute atomic E-state index is 9.06. The SMILES string of the molecule is CC(O)CNCc1ccc(OCC#N)cc1. The van der Waals surface area contributed by atoms with E-state index in [9.17, 15) is 0 Å². The molecule has 0 aliphatic heterocycles. The highest BCUT2D eigenvalue weighted by Crippen LogP contribution is 2.11. The second-order valence-electron chi connectivity index (χ2n) is 3.57. The van der Waals surface area contributed by atoms with E-state index < -0.39 is 0 Å². The molecule has 0 heterocycles. The van der Waals surface area contributed by atoms with Crippen LogP contribution in [-0.2, 0) is 6.54 Å². The molecule has 16 heavy (non-hydrogen) atoms. The van der Waals surface area contributed by atoms with E-state index in [1.54, 1.807) is 6.92 Å². The van der Waals surface area contributed by atoms with Crippen LogP contribution in [-0.4, -0.2) is 24.4 Å². The number of nitrogens with one attached hydrogen (secondary N) is 1. The Hall–Kier alpha value is -1.57. The molecule has 1 aromatic carbocycles.